The Morgan fingerprint density at radius 2 is 2.00 bits per heavy atom. The molecule has 0 aromatic heterocycles. The van der Waals surface area contributed by atoms with E-state index in [1.165, 1.54) is 7.11 Å². The van der Waals surface area contributed by atoms with Gasteiger partial charge < -0.3 is 14.8 Å². The zero-order chi connectivity index (χ0) is 18.7. The minimum atomic E-state index is -1.01. The minimum absolute atomic E-state index is 0.0234. The summed E-state index contributed by atoms with van der Waals surface area (Å²) in [6.45, 7) is 5.73. The highest BCUT2D eigenvalue weighted by atomic mass is 16.5. The summed E-state index contributed by atoms with van der Waals surface area (Å²) in [5.41, 5.74) is -0.104. The fourth-order valence-electron chi connectivity index (χ4n) is 2.87. The van der Waals surface area contributed by atoms with Gasteiger partial charge in [-0.05, 0) is 12.0 Å². The molecule has 0 heterocycles. The van der Waals surface area contributed by atoms with Crippen molar-refractivity contribution in [2.75, 3.05) is 13.7 Å². The number of benzene rings is 1. The lowest BCUT2D eigenvalue weighted by atomic mass is 9.74. The molecule has 5 heteroatoms. The standard InChI is InChI=1S/C20H27NO4/c1-4-11-21-19(24)13-18(25-3)20(5-2,15-22)14-17(23)12-16-9-7-6-8-10-16/h4,6-10,15,18H,1,5,11-14H2,2-3H3,(H,21,24)/t18-,20+/m0/s1. The average Bonchev–Trinajstić information content (AvgIpc) is 2.63. The van der Waals surface area contributed by atoms with Crippen LogP contribution in [0.25, 0.3) is 0 Å². The van der Waals surface area contributed by atoms with Crippen LogP contribution in [0.1, 0.15) is 31.7 Å². The van der Waals surface area contributed by atoms with Gasteiger partial charge in [0.05, 0.1) is 17.9 Å². The van der Waals surface area contributed by atoms with Crippen molar-refractivity contribution in [3.8, 4) is 0 Å². The molecule has 0 unspecified atom stereocenters. The second-order valence-electron chi connectivity index (χ2n) is 6.10. The van der Waals surface area contributed by atoms with E-state index in [9.17, 15) is 14.4 Å². The molecular weight excluding hydrogens is 318 g/mol. The highest BCUT2D eigenvalue weighted by Gasteiger charge is 2.40. The van der Waals surface area contributed by atoms with Crippen LogP contribution in [0, 0.1) is 5.41 Å². The molecule has 0 saturated heterocycles. The molecule has 1 aromatic carbocycles. The maximum Gasteiger partial charge on any atom is 0.222 e. The number of hydrogen-bond donors (Lipinski definition) is 1. The topological polar surface area (TPSA) is 72.5 Å². The molecule has 5 nitrogen and oxygen atoms in total. The van der Waals surface area contributed by atoms with Gasteiger partial charge in [-0.15, -0.1) is 6.58 Å². The number of nitrogens with one attached hydrogen (secondary N) is 1. The van der Waals surface area contributed by atoms with Gasteiger partial charge in [0.25, 0.3) is 0 Å². The van der Waals surface area contributed by atoms with E-state index in [4.69, 9.17) is 4.74 Å². The third-order valence-corrected chi connectivity index (χ3v) is 4.40. The number of Topliss-reactive ketones (excluding diaryl/α,β-unsaturated/α-hetero) is 1. The van der Waals surface area contributed by atoms with Crippen molar-refractivity contribution in [1.29, 1.82) is 0 Å². The van der Waals surface area contributed by atoms with Crippen LogP contribution in [0.4, 0.5) is 0 Å². The van der Waals surface area contributed by atoms with E-state index in [0.717, 1.165) is 11.8 Å². The molecular formula is C20H27NO4. The van der Waals surface area contributed by atoms with Gasteiger partial charge in [-0.2, -0.15) is 0 Å². The summed E-state index contributed by atoms with van der Waals surface area (Å²) in [4.78, 5) is 36.3. The molecule has 0 spiro atoms. The molecule has 0 aliphatic rings. The molecule has 0 aliphatic carbocycles. The van der Waals surface area contributed by atoms with E-state index in [0.29, 0.717) is 13.0 Å². The molecule has 1 N–H and O–H groups in total. The van der Waals surface area contributed by atoms with Crippen LogP contribution >= 0.6 is 0 Å². The number of carbonyl (C=O) groups is 3. The zero-order valence-corrected chi connectivity index (χ0v) is 15.0. The summed E-state index contributed by atoms with van der Waals surface area (Å²) in [5, 5.41) is 2.67. The number of rotatable bonds is 12. The van der Waals surface area contributed by atoms with Crippen molar-refractivity contribution in [2.45, 2.75) is 38.7 Å². The van der Waals surface area contributed by atoms with Crippen molar-refractivity contribution >= 4 is 18.0 Å². The van der Waals surface area contributed by atoms with Crippen LogP contribution in [0.5, 0.6) is 0 Å². The minimum Gasteiger partial charge on any atom is -0.380 e. The van der Waals surface area contributed by atoms with E-state index in [1.54, 1.807) is 6.08 Å². The van der Waals surface area contributed by atoms with Gasteiger partial charge >= 0.3 is 0 Å². The summed E-state index contributed by atoms with van der Waals surface area (Å²) >= 11 is 0. The molecule has 136 valence electrons. The number of aldehydes is 1. The first-order valence-electron chi connectivity index (χ1n) is 8.43. The molecule has 0 saturated carbocycles. The SMILES string of the molecule is C=CCNC(=O)C[C@H](OC)[C@](C=O)(CC)CC(=O)Cc1ccccc1. The Morgan fingerprint density at radius 1 is 1.32 bits per heavy atom. The highest BCUT2D eigenvalue weighted by Crippen LogP contribution is 2.33. The Labute approximate surface area is 149 Å². The number of hydrogen-bond acceptors (Lipinski definition) is 4. The van der Waals surface area contributed by atoms with Crippen LogP contribution in [0.15, 0.2) is 43.0 Å². The van der Waals surface area contributed by atoms with Crippen molar-refractivity contribution < 1.29 is 19.1 Å². The molecule has 0 bridgehead atoms. The molecule has 1 aromatic rings. The van der Waals surface area contributed by atoms with Gasteiger partial charge in [-0.3, -0.25) is 9.59 Å². The highest BCUT2D eigenvalue weighted by molar-refractivity contribution is 5.85. The second-order valence-corrected chi connectivity index (χ2v) is 6.10. The molecule has 2 atom stereocenters. The van der Waals surface area contributed by atoms with E-state index in [2.05, 4.69) is 11.9 Å². The Hall–Kier alpha value is -2.27. The van der Waals surface area contributed by atoms with Crippen LogP contribution < -0.4 is 5.32 Å². The Bertz CT molecular complexity index is 585. The average molecular weight is 345 g/mol. The first kappa shape index (κ1) is 20.8. The smallest absolute Gasteiger partial charge is 0.222 e. The van der Waals surface area contributed by atoms with Crippen LogP contribution in [0.3, 0.4) is 0 Å². The van der Waals surface area contributed by atoms with Gasteiger partial charge in [-0.25, -0.2) is 0 Å². The fourth-order valence-corrected chi connectivity index (χ4v) is 2.87. The Morgan fingerprint density at radius 3 is 2.52 bits per heavy atom. The first-order chi connectivity index (χ1) is 12.0. The molecule has 25 heavy (non-hydrogen) atoms. The first-order valence-corrected chi connectivity index (χ1v) is 8.43. The quantitative estimate of drug-likeness (QED) is 0.467. The maximum absolute atomic E-state index is 12.5. The number of amides is 1. The fraction of sp³-hybridized carbons (Fsp3) is 0.450. The van der Waals surface area contributed by atoms with E-state index in [-0.39, 0.29) is 31.0 Å². The third kappa shape index (κ3) is 6.27. The molecule has 0 aliphatic heterocycles. The largest absolute Gasteiger partial charge is 0.380 e. The zero-order valence-electron chi connectivity index (χ0n) is 15.0. The van der Waals surface area contributed by atoms with E-state index < -0.39 is 11.5 Å². The lowest BCUT2D eigenvalue weighted by Crippen LogP contribution is -2.43. The van der Waals surface area contributed by atoms with Crippen LogP contribution in [0.2, 0.25) is 0 Å². The van der Waals surface area contributed by atoms with E-state index >= 15 is 0 Å². The summed E-state index contributed by atoms with van der Waals surface area (Å²) in [6.07, 6.45) is 2.45. The van der Waals surface area contributed by atoms with Gasteiger partial charge in [0.1, 0.15) is 12.1 Å². The molecule has 0 fully saturated rings. The van der Waals surface area contributed by atoms with Crippen molar-refractivity contribution in [3.05, 3.63) is 48.6 Å². The maximum atomic E-state index is 12.5. The predicted octanol–water partition coefficient (Wildman–Crippen LogP) is 2.49. The summed E-state index contributed by atoms with van der Waals surface area (Å²) in [7, 11) is 1.46. The van der Waals surface area contributed by atoms with Gasteiger partial charge in [0.2, 0.25) is 5.91 Å². The summed E-state index contributed by atoms with van der Waals surface area (Å²) in [5.74, 6) is -0.282. The number of carbonyl (C=O) groups excluding carboxylic acids is 3. The Kier molecular flexibility index (Phi) is 8.78. The second kappa shape index (κ2) is 10.6. The number of ketones is 1. The van der Waals surface area contributed by atoms with Gasteiger partial charge in [0, 0.05) is 26.5 Å². The number of ether oxygens (including phenoxy) is 1. The van der Waals surface area contributed by atoms with Crippen molar-refractivity contribution in [2.24, 2.45) is 5.41 Å². The Balaban J connectivity index is 2.84. The van der Waals surface area contributed by atoms with Gasteiger partial charge in [-0.1, -0.05) is 43.3 Å². The lowest BCUT2D eigenvalue weighted by Gasteiger charge is -2.33. The third-order valence-electron chi connectivity index (χ3n) is 4.40. The monoisotopic (exact) mass is 345 g/mol. The normalized spacial score (nSPS) is 14.2. The molecule has 1 amide bonds. The van der Waals surface area contributed by atoms with Crippen LogP contribution in [-0.4, -0.2) is 37.7 Å². The van der Waals surface area contributed by atoms with Crippen molar-refractivity contribution in [1.82, 2.24) is 5.32 Å². The summed E-state index contributed by atoms with van der Waals surface area (Å²) in [6, 6.07) is 9.39. The van der Waals surface area contributed by atoms with Gasteiger partial charge in [0.15, 0.2) is 0 Å². The number of methoxy groups -OCH3 is 1. The van der Waals surface area contributed by atoms with Crippen molar-refractivity contribution in [3.63, 3.8) is 0 Å². The lowest BCUT2D eigenvalue weighted by molar-refractivity contribution is -0.138. The van der Waals surface area contributed by atoms with E-state index in [1.807, 2.05) is 37.3 Å². The van der Waals surface area contributed by atoms with Crippen LogP contribution in [-0.2, 0) is 25.5 Å². The predicted molar refractivity (Wildman–Crippen MR) is 97.2 cm³/mol. The summed E-state index contributed by atoms with van der Waals surface area (Å²) < 4.78 is 5.43. The molecule has 0 radical (unpaired) electrons. The molecule has 1 rings (SSSR count).